The molecule has 10 heteroatoms. The number of para-hydroxylation sites is 2. The first-order valence-electron chi connectivity index (χ1n) is 8.38. The lowest BCUT2D eigenvalue weighted by atomic mass is 10.1. The van der Waals surface area contributed by atoms with Crippen molar-refractivity contribution >= 4 is 108 Å². The fourth-order valence-corrected chi connectivity index (χ4v) is 7.40. The molecular weight excluding hydrogens is 465 g/mol. The standard InChI is InChI=1S/C18H12N4S6/c23-17(21-15-19-11-5-1-2-6-12(11)25-15)27-28-18(24)22-9-8-10-4-3-7-13-14(10)20-16(22)26-13/h1-7H,8-9H2,(H,19,21,23). The summed E-state index contributed by atoms with van der Waals surface area (Å²) in [6.07, 6.45) is 0.941. The fraction of sp³-hybridized carbons (Fsp3) is 0.111. The number of hydrogen-bond acceptors (Lipinski definition) is 8. The zero-order valence-electron chi connectivity index (χ0n) is 14.2. The monoisotopic (exact) mass is 476 g/mol. The summed E-state index contributed by atoms with van der Waals surface area (Å²) in [5, 5.41) is 4.97. The van der Waals surface area contributed by atoms with Gasteiger partial charge in [-0.1, -0.05) is 71.4 Å². The van der Waals surface area contributed by atoms with Gasteiger partial charge in [-0.25, -0.2) is 9.97 Å². The van der Waals surface area contributed by atoms with E-state index in [4.69, 9.17) is 29.4 Å². The zero-order chi connectivity index (χ0) is 19.1. The molecule has 5 rings (SSSR count). The number of aromatic nitrogens is 2. The van der Waals surface area contributed by atoms with Crippen molar-refractivity contribution in [2.24, 2.45) is 0 Å². The second-order valence-corrected chi connectivity index (χ2v) is 11.5. The third-order valence-corrected chi connectivity index (χ3v) is 9.61. The van der Waals surface area contributed by atoms with Gasteiger partial charge in [0.05, 0.1) is 20.4 Å². The highest BCUT2D eigenvalue weighted by Gasteiger charge is 2.22. The van der Waals surface area contributed by atoms with Crippen LogP contribution in [0.3, 0.4) is 0 Å². The van der Waals surface area contributed by atoms with E-state index in [1.165, 1.54) is 31.9 Å². The summed E-state index contributed by atoms with van der Waals surface area (Å²) >= 11 is 14.4. The minimum atomic E-state index is 0.645. The second kappa shape index (κ2) is 7.85. The molecule has 0 saturated heterocycles. The fourth-order valence-electron chi connectivity index (χ4n) is 2.96. The highest BCUT2D eigenvalue weighted by atomic mass is 33.1. The molecule has 4 aromatic rings. The van der Waals surface area contributed by atoms with Gasteiger partial charge in [0, 0.05) is 6.54 Å². The number of nitrogens with zero attached hydrogens (tertiary/aromatic N) is 3. The van der Waals surface area contributed by atoms with Crippen molar-refractivity contribution in [3.8, 4) is 0 Å². The van der Waals surface area contributed by atoms with Crippen molar-refractivity contribution in [1.82, 2.24) is 9.97 Å². The van der Waals surface area contributed by atoms with E-state index in [0.29, 0.717) is 4.32 Å². The largest absolute Gasteiger partial charge is 0.316 e. The summed E-state index contributed by atoms with van der Waals surface area (Å²) in [5.74, 6) is 0. The van der Waals surface area contributed by atoms with Gasteiger partial charge in [0.1, 0.15) is 0 Å². The number of thiocarbonyl (C=S) groups is 2. The van der Waals surface area contributed by atoms with E-state index in [2.05, 4.69) is 39.5 Å². The molecule has 0 spiro atoms. The Morgan fingerprint density at radius 2 is 1.86 bits per heavy atom. The van der Waals surface area contributed by atoms with Crippen LogP contribution in [0.5, 0.6) is 0 Å². The van der Waals surface area contributed by atoms with Crippen LogP contribution in [0.15, 0.2) is 42.5 Å². The van der Waals surface area contributed by atoms with Crippen molar-refractivity contribution < 1.29 is 0 Å². The number of anilines is 2. The van der Waals surface area contributed by atoms with Crippen molar-refractivity contribution in [3.63, 3.8) is 0 Å². The third kappa shape index (κ3) is 3.64. The Morgan fingerprint density at radius 1 is 1.00 bits per heavy atom. The van der Waals surface area contributed by atoms with Gasteiger partial charge in [-0.15, -0.1) is 0 Å². The van der Waals surface area contributed by atoms with E-state index in [9.17, 15) is 0 Å². The molecular formula is C18H12N4S6. The molecule has 28 heavy (non-hydrogen) atoms. The molecule has 3 heterocycles. The Morgan fingerprint density at radius 3 is 2.75 bits per heavy atom. The third-order valence-electron chi connectivity index (χ3n) is 4.24. The predicted molar refractivity (Wildman–Crippen MR) is 134 cm³/mol. The molecule has 140 valence electrons. The molecule has 1 aliphatic rings. The van der Waals surface area contributed by atoms with E-state index in [-0.39, 0.29) is 0 Å². The maximum absolute atomic E-state index is 5.68. The van der Waals surface area contributed by atoms with Gasteiger partial charge in [0.2, 0.25) is 0 Å². The van der Waals surface area contributed by atoms with E-state index in [0.717, 1.165) is 43.3 Å². The lowest BCUT2D eigenvalue weighted by molar-refractivity contribution is 0.964. The number of rotatable bonds is 1. The Labute approximate surface area is 188 Å². The first-order chi connectivity index (χ1) is 13.7. The van der Waals surface area contributed by atoms with Gasteiger partial charge in [0.25, 0.3) is 0 Å². The van der Waals surface area contributed by atoms with Gasteiger partial charge < -0.3 is 10.2 Å². The quantitative estimate of drug-likeness (QED) is 0.252. The number of benzene rings is 2. The molecule has 0 amide bonds. The van der Waals surface area contributed by atoms with Crippen LogP contribution < -0.4 is 10.2 Å². The van der Waals surface area contributed by atoms with Crippen molar-refractivity contribution in [2.75, 3.05) is 16.8 Å². The summed E-state index contributed by atoms with van der Waals surface area (Å²) in [6, 6.07) is 14.4. The van der Waals surface area contributed by atoms with E-state index in [1.54, 1.807) is 22.7 Å². The molecule has 0 saturated carbocycles. The summed E-state index contributed by atoms with van der Waals surface area (Å²) in [5.41, 5.74) is 3.37. The average molecular weight is 477 g/mol. The van der Waals surface area contributed by atoms with Gasteiger partial charge in [-0.3, -0.25) is 0 Å². The highest BCUT2D eigenvalue weighted by molar-refractivity contribution is 8.89. The molecule has 0 aliphatic carbocycles. The average Bonchev–Trinajstić information content (AvgIpc) is 3.25. The molecule has 0 atom stereocenters. The normalized spacial score (nSPS) is 13.2. The van der Waals surface area contributed by atoms with E-state index >= 15 is 0 Å². The van der Waals surface area contributed by atoms with Crippen LogP contribution in [0.1, 0.15) is 5.56 Å². The van der Waals surface area contributed by atoms with Crippen molar-refractivity contribution in [1.29, 1.82) is 0 Å². The van der Waals surface area contributed by atoms with Crippen molar-refractivity contribution in [3.05, 3.63) is 48.0 Å². The smallest absolute Gasteiger partial charge is 0.192 e. The van der Waals surface area contributed by atoms with E-state index < -0.39 is 0 Å². The van der Waals surface area contributed by atoms with Crippen molar-refractivity contribution in [2.45, 2.75) is 6.42 Å². The molecule has 0 unspecified atom stereocenters. The zero-order valence-corrected chi connectivity index (χ0v) is 19.1. The molecule has 2 aromatic carbocycles. The highest BCUT2D eigenvalue weighted by Crippen LogP contribution is 2.37. The van der Waals surface area contributed by atoms with Gasteiger partial charge in [-0.05, 0) is 51.8 Å². The summed E-state index contributed by atoms with van der Waals surface area (Å²) < 4.78 is 3.77. The Balaban J connectivity index is 1.23. The first kappa shape index (κ1) is 18.7. The van der Waals surface area contributed by atoms with Crippen LogP contribution >= 0.6 is 68.7 Å². The molecule has 0 radical (unpaired) electrons. The number of nitrogens with one attached hydrogen (secondary N) is 1. The maximum atomic E-state index is 5.68. The van der Waals surface area contributed by atoms with Gasteiger partial charge in [0.15, 0.2) is 18.9 Å². The summed E-state index contributed by atoms with van der Waals surface area (Å²) in [6.45, 7) is 0.840. The Hall–Kier alpha value is -1.30. The minimum absolute atomic E-state index is 0.645. The molecule has 2 aromatic heterocycles. The number of thiazole rings is 2. The van der Waals surface area contributed by atoms with Crippen LogP contribution in [0.25, 0.3) is 20.4 Å². The Kier molecular flexibility index (Phi) is 5.24. The molecule has 0 fully saturated rings. The van der Waals surface area contributed by atoms with Gasteiger partial charge >= 0.3 is 0 Å². The molecule has 2 bridgehead atoms. The van der Waals surface area contributed by atoms with Crippen LogP contribution in [-0.2, 0) is 6.42 Å². The number of hydrogen-bond donors (Lipinski definition) is 1. The van der Waals surface area contributed by atoms with Crippen LogP contribution in [-0.4, -0.2) is 25.2 Å². The van der Waals surface area contributed by atoms with Crippen LogP contribution in [0.2, 0.25) is 0 Å². The molecule has 4 nitrogen and oxygen atoms in total. The van der Waals surface area contributed by atoms with Gasteiger partial charge in [-0.2, -0.15) is 0 Å². The minimum Gasteiger partial charge on any atom is -0.316 e. The summed E-state index contributed by atoms with van der Waals surface area (Å²) in [7, 11) is 2.94. The SMILES string of the molecule is S=C(Nc1nc2ccccc2s1)SSC(=S)N1CCc2cccc3sc1nc23. The lowest BCUT2D eigenvalue weighted by Gasteiger charge is -2.20. The second-order valence-electron chi connectivity index (χ2n) is 5.99. The molecule has 1 aliphatic heterocycles. The van der Waals surface area contributed by atoms with E-state index in [1.807, 2.05) is 18.2 Å². The predicted octanol–water partition coefficient (Wildman–Crippen LogP) is 6.33. The number of fused-ring (bicyclic) bond motifs is 2. The van der Waals surface area contributed by atoms with Crippen LogP contribution in [0, 0.1) is 0 Å². The van der Waals surface area contributed by atoms with Crippen LogP contribution in [0.4, 0.5) is 10.3 Å². The maximum Gasteiger partial charge on any atom is 0.192 e. The lowest BCUT2D eigenvalue weighted by Crippen LogP contribution is -2.28. The topological polar surface area (TPSA) is 41.1 Å². The first-order valence-corrected chi connectivity index (χ1v) is 13.0. The molecule has 1 N–H and O–H groups in total. The Bertz CT molecular complexity index is 1180. The summed E-state index contributed by atoms with van der Waals surface area (Å²) in [4.78, 5) is 11.5.